The predicted octanol–water partition coefficient (Wildman–Crippen LogP) is 4.42. The average Bonchev–Trinajstić information content (AvgIpc) is 2.97. The molecule has 2 rings (SSSR count). The third kappa shape index (κ3) is 2.06. The minimum Gasteiger partial charge on any atom is -0.370 e. The van der Waals surface area contributed by atoms with Gasteiger partial charge in [0.25, 0.3) is 0 Å². The van der Waals surface area contributed by atoms with Gasteiger partial charge in [0.05, 0.1) is 17.1 Å². The van der Waals surface area contributed by atoms with Crippen molar-refractivity contribution in [3.63, 3.8) is 0 Å². The second-order valence-electron chi connectivity index (χ2n) is 3.68. The second kappa shape index (κ2) is 4.17. The molecule has 1 aromatic rings. The van der Waals surface area contributed by atoms with Crippen LogP contribution in [0.2, 0.25) is 0 Å². The topological polar surface area (TPSA) is 25.2 Å². The van der Waals surface area contributed by atoms with Gasteiger partial charge in [0.1, 0.15) is 0 Å². The van der Waals surface area contributed by atoms with E-state index < -0.39 is 3.79 Å². The molecule has 0 aromatic heterocycles. The first-order valence-corrected chi connectivity index (χ1v) is 6.38. The summed E-state index contributed by atoms with van der Waals surface area (Å²) in [5.41, 5.74) is 3.96. The molecule has 1 aliphatic heterocycles. The smallest absolute Gasteiger partial charge is 0.218 e. The van der Waals surface area contributed by atoms with E-state index in [0.29, 0.717) is 0 Å². The van der Waals surface area contributed by atoms with Crippen molar-refractivity contribution < 1.29 is 0 Å². The summed E-state index contributed by atoms with van der Waals surface area (Å²) >= 11 is 17.6. The van der Waals surface area contributed by atoms with Crippen molar-refractivity contribution in [3.8, 4) is 0 Å². The standard InChI is InChI=1S/C11H13Cl3N2/c1-3-16(4-2)8-6-5-7(11(12,13)14)9-10(8)15-9/h5-6,15H,3-4H2,1-2H3. The minimum absolute atomic E-state index is 0.725. The van der Waals surface area contributed by atoms with Crippen LogP contribution >= 0.6 is 34.8 Å². The molecular formula is C11H13Cl3N2. The van der Waals surface area contributed by atoms with Gasteiger partial charge in [0.15, 0.2) is 0 Å². The first kappa shape index (κ1) is 12.2. The van der Waals surface area contributed by atoms with Crippen LogP contribution in [0.25, 0.3) is 0 Å². The summed E-state index contributed by atoms with van der Waals surface area (Å²) in [6, 6.07) is 3.88. The Kier molecular flexibility index (Phi) is 3.17. The molecule has 0 atom stereocenters. The van der Waals surface area contributed by atoms with Crippen LogP contribution in [0, 0.1) is 0 Å². The van der Waals surface area contributed by atoms with E-state index in [1.165, 1.54) is 5.69 Å². The molecule has 1 heterocycles. The molecule has 5 heteroatoms. The number of nitrogens with one attached hydrogen (secondary N) is 1. The van der Waals surface area contributed by atoms with Crippen LogP contribution in [0.1, 0.15) is 19.4 Å². The summed E-state index contributed by atoms with van der Waals surface area (Å²) in [6.07, 6.45) is 0. The molecule has 16 heavy (non-hydrogen) atoms. The molecule has 0 spiro atoms. The Bertz CT molecular complexity index is 408. The van der Waals surface area contributed by atoms with Crippen LogP contribution in [0.3, 0.4) is 0 Å². The van der Waals surface area contributed by atoms with Gasteiger partial charge in [-0.15, -0.1) is 0 Å². The molecule has 0 bridgehead atoms. The molecule has 1 aliphatic rings. The van der Waals surface area contributed by atoms with Gasteiger partial charge in [0, 0.05) is 18.7 Å². The zero-order valence-electron chi connectivity index (χ0n) is 9.15. The molecule has 0 saturated heterocycles. The van der Waals surface area contributed by atoms with Crippen LogP contribution in [-0.2, 0) is 3.79 Å². The summed E-state index contributed by atoms with van der Waals surface area (Å²) < 4.78 is -1.35. The van der Waals surface area contributed by atoms with E-state index in [1.54, 1.807) is 0 Å². The average molecular weight is 280 g/mol. The van der Waals surface area contributed by atoms with Crippen LogP contribution < -0.4 is 10.2 Å². The highest BCUT2D eigenvalue weighted by Crippen LogP contribution is 2.55. The Morgan fingerprint density at radius 1 is 1.12 bits per heavy atom. The lowest BCUT2D eigenvalue weighted by Crippen LogP contribution is -2.21. The van der Waals surface area contributed by atoms with Crippen LogP contribution in [0.15, 0.2) is 12.1 Å². The maximum absolute atomic E-state index is 5.87. The lowest BCUT2D eigenvalue weighted by molar-refractivity contribution is 0.869. The van der Waals surface area contributed by atoms with Crippen molar-refractivity contribution in [1.29, 1.82) is 0 Å². The van der Waals surface area contributed by atoms with Gasteiger partial charge in [-0.3, -0.25) is 0 Å². The van der Waals surface area contributed by atoms with Crippen molar-refractivity contribution in [1.82, 2.24) is 0 Å². The van der Waals surface area contributed by atoms with E-state index in [-0.39, 0.29) is 0 Å². The van der Waals surface area contributed by atoms with Gasteiger partial charge in [-0.2, -0.15) is 0 Å². The quantitative estimate of drug-likeness (QED) is 0.665. The fraction of sp³-hybridized carbons (Fsp3) is 0.455. The Morgan fingerprint density at radius 3 is 2.25 bits per heavy atom. The maximum Gasteiger partial charge on any atom is 0.218 e. The zero-order chi connectivity index (χ0) is 11.9. The van der Waals surface area contributed by atoms with Crippen molar-refractivity contribution in [2.75, 3.05) is 23.3 Å². The molecular weight excluding hydrogens is 266 g/mol. The van der Waals surface area contributed by atoms with Gasteiger partial charge < -0.3 is 10.2 Å². The first-order chi connectivity index (χ1) is 7.49. The Labute approximate surface area is 110 Å². The number of anilines is 3. The number of alkyl halides is 3. The highest BCUT2D eigenvalue weighted by molar-refractivity contribution is 6.67. The number of rotatable bonds is 3. The van der Waals surface area contributed by atoms with Crippen molar-refractivity contribution in [2.24, 2.45) is 0 Å². The number of hydrogen-bond donors (Lipinski definition) is 1. The van der Waals surface area contributed by atoms with Gasteiger partial charge in [-0.05, 0) is 19.9 Å². The van der Waals surface area contributed by atoms with Gasteiger partial charge in [-0.1, -0.05) is 40.9 Å². The number of halogens is 3. The lowest BCUT2D eigenvalue weighted by atomic mass is 10.2. The molecule has 88 valence electrons. The van der Waals surface area contributed by atoms with Gasteiger partial charge in [-0.25, -0.2) is 0 Å². The second-order valence-corrected chi connectivity index (χ2v) is 5.96. The van der Waals surface area contributed by atoms with Crippen molar-refractivity contribution in [2.45, 2.75) is 17.6 Å². The van der Waals surface area contributed by atoms with Gasteiger partial charge in [0.2, 0.25) is 3.79 Å². The SMILES string of the molecule is CCN(CC)c1ccc(C(Cl)(Cl)Cl)c2c1N2. The summed E-state index contributed by atoms with van der Waals surface area (Å²) in [5, 5.41) is 3.19. The summed E-state index contributed by atoms with van der Waals surface area (Å²) in [7, 11) is 0. The van der Waals surface area contributed by atoms with E-state index in [0.717, 1.165) is 30.0 Å². The highest BCUT2D eigenvalue weighted by atomic mass is 35.6. The third-order valence-corrected chi connectivity index (χ3v) is 3.39. The number of hydrogen-bond acceptors (Lipinski definition) is 2. The highest BCUT2D eigenvalue weighted by Gasteiger charge is 2.35. The third-order valence-electron chi connectivity index (χ3n) is 2.78. The molecule has 0 unspecified atom stereocenters. The maximum atomic E-state index is 5.87. The van der Waals surface area contributed by atoms with E-state index in [4.69, 9.17) is 34.8 Å². The molecule has 0 radical (unpaired) electrons. The molecule has 0 amide bonds. The van der Waals surface area contributed by atoms with Crippen LogP contribution in [0.5, 0.6) is 0 Å². The summed E-state index contributed by atoms with van der Waals surface area (Å²) in [5.74, 6) is 0. The van der Waals surface area contributed by atoms with Gasteiger partial charge >= 0.3 is 0 Å². The number of fused-ring (bicyclic) bond motifs is 1. The van der Waals surface area contributed by atoms with Crippen LogP contribution in [0.4, 0.5) is 17.1 Å². The normalized spacial score (nSPS) is 13.1. The van der Waals surface area contributed by atoms with E-state index in [9.17, 15) is 0 Å². The van der Waals surface area contributed by atoms with Crippen LogP contribution in [-0.4, -0.2) is 13.1 Å². The van der Waals surface area contributed by atoms with Crippen molar-refractivity contribution in [3.05, 3.63) is 17.7 Å². The zero-order valence-corrected chi connectivity index (χ0v) is 11.4. The minimum atomic E-state index is -1.35. The molecule has 0 aliphatic carbocycles. The molecule has 1 N–H and O–H groups in total. The van der Waals surface area contributed by atoms with E-state index in [1.807, 2.05) is 12.1 Å². The van der Waals surface area contributed by atoms with E-state index >= 15 is 0 Å². The van der Waals surface area contributed by atoms with Crippen molar-refractivity contribution >= 4 is 51.9 Å². The fourth-order valence-electron chi connectivity index (χ4n) is 1.88. The molecule has 1 aromatic carbocycles. The lowest BCUT2D eigenvalue weighted by Gasteiger charge is -2.20. The number of nitrogens with zero attached hydrogens (tertiary/aromatic N) is 1. The Morgan fingerprint density at radius 2 is 1.75 bits per heavy atom. The Balaban J connectivity index is 2.36. The summed E-state index contributed by atoms with van der Waals surface area (Å²) in [4.78, 5) is 2.26. The molecule has 0 saturated carbocycles. The Hall–Kier alpha value is -0.310. The largest absolute Gasteiger partial charge is 0.370 e. The molecule has 0 fully saturated rings. The fourth-order valence-corrected chi connectivity index (χ4v) is 2.35. The first-order valence-electron chi connectivity index (χ1n) is 5.25. The molecule has 2 nitrogen and oxygen atoms in total. The summed E-state index contributed by atoms with van der Waals surface area (Å²) in [6.45, 7) is 6.19. The predicted molar refractivity (Wildman–Crippen MR) is 72.5 cm³/mol. The number of benzene rings is 1. The van der Waals surface area contributed by atoms with E-state index in [2.05, 4.69) is 24.1 Å². The monoisotopic (exact) mass is 278 g/mol.